The molecule has 0 bridgehead atoms. The molecular weight excluding hydrogens is 1260 g/mol. The summed E-state index contributed by atoms with van der Waals surface area (Å²) < 4.78 is 24.1. The lowest BCUT2D eigenvalue weighted by Crippen LogP contribution is -2.40. The summed E-state index contributed by atoms with van der Waals surface area (Å²) in [6.45, 7) is 16.4. The van der Waals surface area contributed by atoms with E-state index in [9.17, 15) is 9.59 Å². The third-order valence-electron chi connectivity index (χ3n) is 16.0. The second kappa shape index (κ2) is 32.2. The van der Waals surface area contributed by atoms with E-state index < -0.39 is 35.2 Å². The SMILES string of the molecule is CCCCCCCCCCCCOc1ccc(-c2ccc(-c3ccc(-c4ccc(C5=C6C(=O)N(C(=O)OC(C)(C)C)C(c7ccc(-c8ccc(-c9ccc(-c%10ccc(OCCCCCCCCCCCC)cc%10)s9)s8)s7)=C6C(=O)N5C(=O)OC(C)(C)C)s4)s3)s2)cc1. The number of nitrogens with zero attached hydrogens (tertiary/aromatic N) is 2. The van der Waals surface area contributed by atoms with Crippen molar-refractivity contribution >= 4 is 103 Å². The van der Waals surface area contributed by atoms with Gasteiger partial charge in [-0.3, -0.25) is 9.59 Å². The van der Waals surface area contributed by atoms with Crippen molar-refractivity contribution in [1.82, 2.24) is 9.80 Å². The number of carbonyl (C=O) groups is 4. The fourth-order valence-electron chi connectivity index (χ4n) is 11.4. The lowest BCUT2D eigenvalue weighted by atomic mass is 10.1. The van der Waals surface area contributed by atoms with Crippen LogP contribution in [-0.2, 0) is 19.1 Å². The van der Waals surface area contributed by atoms with Crippen LogP contribution in [0.2, 0.25) is 0 Å². The van der Waals surface area contributed by atoms with E-state index in [0.29, 0.717) is 9.75 Å². The average molecular weight is 1350 g/mol. The Hall–Kier alpha value is -6.40. The molecule has 2 aliphatic heterocycles. The summed E-state index contributed by atoms with van der Waals surface area (Å²) in [6.07, 6.45) is 24.1. The van der Waals surface area contributed by atoms with E-state index in [2.05, 4.69) is 111 Å². The summed E-state index contributed by atoms with van der Waals surface area (Å²) in [5.74, 6) is 0.252. The minimum atomic E-state index is -0.979. The maximum atomic E-state index is 15.2. The molecular formula is C76H88N2O8S6. The van der Waals surface area contributed by atoms with E-state index in [1.54, 1.807) is 86.9 Å². The van der Waals surface area contributed by atoms with Crippen LogP contribution >= 0.6 is 68.0 Å². The molecule has 0 spiro atoms. The Balaban J connectivity index is 0.840. The van der Waals surface area contributed by atoms with E-state index >= 15 is 9.59 Å². The van der Waals surface area contributed by atoms with Crippen molar-refractivity contribution in [1.29, 1.82) is 0 Å². The average Bonchev–Trinajstić information content (AvgIpc) is 1.55. The topological polar surface area (TPSA) is 112 Å². The highest BCUT2D eigenvalue weighted by molar-refractivity contribution is 7.28. The van der Waals surface area contributed by atoms with Gasteiger partial charge in [0.2, 0.25) is 0 Å². The van der Waals surface area contributed by atoms with Crippen LogP contribution in [0.5, 0.6) is 11.5 Å². The van der Waals surface area contributed by atoms with Crippen molar-refractivity contribution in [3.8, 4) is 71.4 Å². The van der Waals surface area contributed by atoms with Gasteiger partial charge in [0.05, 0.1) is 45.5 Å². The van der Waals surface area contributed by atoms with Gasteiger partial charge in [0.15, 0.2) is 0 Å². The Kier molecular flexibility index (Phi) is 23.9. The van der Waals surface area contributed by atoms with Crippen molar-refractivity contribution in [2.75, 3.05) is 13.2 Å². The molecule has 2 aromatic carbocycles. The van der Waals surface area contributed by atoms with E-state index in [0.717, 1.165) is 107 Å². The van der Waals surface area contributed by atoms with Gasteiger partial charge in [-0.2, -0.15) is 0 Å². The molecule has 2 aliphatic rings. The molecule has 10 rings (SSSR count). The van der Waals surface area contributed by atoms with Crippen molar-refractivity contribution in [3.05, 3.63) is 142 Å². The zero-order chi connectivity index (χ0) is 64.8. The van der Waals surface area contributed by atoms with E-state index in [1.807, 2.05) is 24.3 Å². The molecule has 0 saturated carbocycles. The van der Waals surface area contributed by atoms with Crippen LogP contribution in [0.3, 0.4) is 0 Å². The molecule has 0 atom stereocenters. The number of carbonyl (C=O) groups excluding carboxylic acids is 4. The predicted octanol–water partition coefficient (Wildman–Crippen LogP) is 24.3. The first-order valence-corrected chi connectivity index (χ1v) is 38.1. The number of hydrogen-bond donors (Lipinski definition) is 0. The van der Waals surface area contributed by atoms with Gasteiger partial charge in [0.1, 0.15) is 22.7 Å². The third-order valence-corrected chi connectivity index (χ3v) is 23.4. The van der Waals surface area contributed by atoms with Gasteiger partial charge in [-0.25, -0.2) is 19.4 Å². The van der Waals surface area contributed by atoms with Crippen molar-refractivity contribution in [2.24, 2.45) is 0 Å². The van der Waals surface area contributed by atoms with E-state index in [-0.39, 0.29) is 22.5 Å². The zero-order valence-electron chi connectivity index (χ0n) is 54.7. The summed E-state index contributed by atoms with van der Waals surface area (Å²) in [4.78, 5) is 72.7. The first-order chi connectivity index (χ1) is 44.5. The summed E-state index contributed by atoms with van der Waals surface area (Å²) in [7, 11) is 0. The fourth-order valence-corrected chi connectivity index (χ4v) is 17.9. The quantitative estimate of drug-likeness (QED) is 0.0383. The number of benzene rings is 2. The number of unbranched alkanes of at least 4 members (excludes halogenated alkanes) is 18. The molecule has 16 heteroatoms. The second-order valence-corrected chi connectivity index (χ2v) is 32.3. The molecule has 8 aromatic rings. The van der Waals surface area contributed by atoms with Crippen LogP contribution in [0, 0.1) is 0 Å². The Labute approximate surface area is 568 Å². The highest BCUT2D eigenvalue weighted by atomic mass is 32.1. The molecule has 8 heterocycles. The van der Waals surface area contributed by atoms with Crippen LogP contribution in [0.4, 0.5) is 9.59 Å². The number of ether oxygens (including phenoxy) is 4. The molecule has 0 N–H and O–H groups in total. The Morgan fingerprint density at radius 3 is 0.848 bits per heavy atom. The molecule has 0 fully saturated rings. The van der Waals surface area contributed by atoms with E-state index in [1.165, 1.54) is 138 Å². The van der Waals surface area contributed by atoms with Gasteiger partial charge >= 0.3 is 12.2 Å². The summed E-state index contributed by atoms with van der Waals surface area (Å²) in [5.41, 5.74) is 0.314. The van der Waals surface area contributed by atoms with Crippen LogP contribution in [0.25, 0.3) is 71.3 Å². The number of thiophene rings is 6. The molecule has 10 nitrogen and oxygen atoms in total. The molecule has 486 valence electrons. The van der Waals surface area contributed by atoms with Crippen molar-refractivity contribution in [3.63, 3.8) is 0 Å². The van der Waals surface area contributed by atoms with Gasteiger partial charge in [-0.15, -0.1) is 68.0 Å². The minimum absolute atomic E-state index is 0.0600. The summed E-state index contributed by atoms with van der Waals surface area (Å²) in [5, 5.41) is 0. The van der Waals surface area contributed by atoms with Gasteiger partial charge < -0.3 is 18.9 Å². The van der Waals surface area contributed by atoms with Crippen molar-refractivity contribution in [2.45, 2.75) is 195 Å². The number of rotatable bonds is 32. The van der Waals surface area contributed by atoms with Crippen LogP contribution < -0.4 is 9.47 Å². The second-order valence-electron chi connectivity index (χ2n) is 25.8. The van der Waals surface area contributed by atoms with E-state index in [4.69, 9.17) is 18.9 Å². The monoisotopic (exact) mass is 1350 g/mol. The Morgan fingerprint density at radius 2 is 0.565 bits per heavy atom. The first-order valence-electron chi connectivity index (χ1n) is 33.2. The molecule has 4 amide bonds. The summed E-state index contributed by atoms with van der Waals surface area (Å²) in [6, 6.07) is 41.3. The third kappa shape index (κ3) is 17.7. The Morgan fingerprint density at radius 1 is 0.326 bits per heavy atom. The lowest BCUT2D eigenvalue weighted by molar-refractivity contribution is -0.123. The van der Waals surface area contributed by atoms with Crippen LogP contribution in [-0.4, -0.2) is 58.2 Å². The minimum Gasteiger partial charge on any atom is -0.494 e. The molecule has 0 aliphatic carbocycles. The van der Waals surface area contributed by atoms with Crippen LogP contribution in [0.15, 0.2) is 132 Å². The molecule has 6 aromatic heterocycles. The standard InChI is InChI=1S/C76H88N2O8S6/c1-9-11-13-15-17-19-21-23-25-27-49-83-53-33-29-51(30-34-53)55-37-39-57(87-55)59-41-43-61(89-59)63-45-47-65(91-63)69-67-68(72(80)77(69)73(81)85-75(3,4)5)70(78(71(67)79)74(82)86-76(6,7)8)66-48-46-64(92-66)62-44-42-60(90-62)58-40-38-56(88-58)52-31-35-54(36-32-52)84-50-28-26-24-22-20-18-16-14-12-10-2/h29-48H,9-28,49-50H2,1-8H3. The number of amides is 4. The van der Waals surface area contributed by atoms with Crippen molar-refractivity contribution < 1.29 is 38.1 Å². The maximum Gasteiger partial charge on any atom is 0.422 e. The number of imide groups is 2. The fraction of sp³-hybridized carbons (Fsp3) is 0.421. The zero-order valence-corrected chi connectivity index (χ0v) is 59.6. The first kappa shape index (κ1) is 68.5. The van der Waals surface area contributed by atoms with Gasteiger partial charge in [-0.05, 0) is 187 Å². The van der Waals surface area contributed by atoms with Gasteiger partial charge in [0, 0.05) is 48.8 Å². The van der Waals surface area contributed by atoms with Gasteiger partial charge in [0.25, 0.3) is 11.8 Å². The Bertz CT molecular complexity index is 3580. The molecule has 0 saturated heterocycles. The van der Waals surface area contributed by atoms with Gasteiger partial charge in [-0.1, -0.05) is 129 Å². The predicted molar refractivity (Wildman–Crippen MR) is 387 cm³/mol. The lowest BCUT2D eigenvalue weighted by Gasteiger charge is -2.27. The number of hydrogen-bond acceptors (Lipinski definition) is 14. The summed E-state index contributed by atoms with van der Waals surface area (Å²) >= 11 is 9.46. The highest BCUT2D eigenvalue weighted by Crippen LogP contribution is 2.52. The highest BCUT2D eigenvalue weighted by Gasteiger charge is 2.55. The van der Waals surface area contributed by atoms with Crippen LogP contribution in [0.1, 0.15) is 194 Å². The smallest absolute Gasteiger partial charge is 0.422 e. The maximum absolute atomic E-state index is 15.2. The molecule has 92 heavy (non-hydrogen) atoms. The normalized spacial score (nSPS) is 13.5. The molecule has 0 radical (unpaired) electrons. The largest absolute Gasteiger partial charge is 0.494 e. The number of fused-ring (bicyclic) bond motifs is 1. The molecule has 0 unspecified atom stereocenters.